The van der Waals surface area contributed by atoms with E-state index in [-0.39, 0.29) is 4.90 Å². The largest absolute Gasteiger partial charge is 0.478 e. The summed E-state index contributed by atoms with van der Waals surface area (Å²) in [6.45, 7) is 0. The molecule has 1 aromatic rings. The van der Waals surface area contributed by atoms with Crippen molar-refractivity contribution < 1.29 is 27.3 Å². The average molecular weight is 331 g/mol. The van der Waals surface area contributed by atoms with Crippen LogP contribution in [0.25, 0.3) is 0 Å². The smallest absolute Gasteiger partial charge is 0.400 e. The molecule has 8 heteroatoms. The maximum Gasteiger partial charge on any atom is 0.400 e. The Labute approximate surface area is 105 Å². The Kier molecular flexibility index (Phi) is 4.31. The summed E-state index contributed by atoms with van der Waals surface area (Å²) < 4.78 is 48.0. The summed E-state index contributed by atoms with van der Waals surface area (Å²) in [4.78, 5) is 10.4. The van der Waals surface area contributed by atoms with Gasteiger partial charge in [-0.2, -0.15) is 13.2 Å². The van der Waals surface area contributed by atoms with E-state index in [4.69, 9.17) is 5.11 Å². The molecule has 94 valence electrons. The van der Waals surface area contributed by atoms with Gasteiger partial charge in [-0.15, -0.1) is 0 Å². The minimum absolute atomic E-state index is 0.343. The maximum absolute atomic E-state index is 12.1. The zero-order valence-corrected chi connectivity index (χ0v) is 10.5. The maximum atomic E-state index is 12.1. The summed E-state index contributed by atoms with van der Waals surface area (Å²) >= 11 is 2.98. The molecule has 0 aliphatic carbocycles. The molecule has 0 amide bonds. The number of halogens is 4. The molecule has 1 aromatic carbocycles. The minimum atomic E-state index is -4.61. The highest BCUT2D eigenvalue weighted by Gasteiger charge is 2.32. The van der Waals surface area contributed by atoms with Gasteiger partial charge in [0, 0.05) is 4.47 Å². The van der Waals surface area contributed by atoms with Crippen LogP contribution >= 0.6 is 15.9 Å². The van der Waals surface area contributed by atoms with Crippen LogP contribution in [0.2, 0.25) is 0 Å². The Morgan fingerprint density at radius 3 is 2.47 bits per heavy atom. The Morgan fingerprint density at radius 2 is 2.00 bits per heavy atom. The van der Waals surface area contributed by atoms with Crippen LogP contribution in [0.3, 0.4) is 0 Å². The van der Waals surface area contributed by atoms with E-state index in [0.29, 0.717) is 4.47 Å². The predicted molar refractivity (Wildman–Crippen MR) is 58.4 cm³/mol. The molecule has 1 rings (SSSR count). The normalized spacial score (nSPS) is 13.4. The van der Waals surface area contributed by atoms with E-state index >= 15 is 0 Å². The van der Waals surface area contributed by atoms with Crippen molar-refractivity contribution in [1.82, 2.24) is 0 Å². The number of aromatic carboxylic acids is 1. The number of hydrogen-bond acceptors (Lipinski definition) is 2. The van der Waals surface area contributed by atoms with Crippen LogP contribution in [-0.2, 0) is 10.8 Å². The molecule has 1 atom stereocenters. The average Bonchev–Trinajstić information content (AvgIpc) is 2.14. The van der Waals surface area contributed by atoms with Crippen LogP contribution in [0, 0.1) is 0 Å². The summed E-state index contributed by atoms with van der Waals surface area (Å²) in [6, 6.07) is 3.58. The zero-order valence-electron chi connectivity index (χ0n) is 8.12. The fourth-order valence-electron chi connectivity index (χ4n) is 1.09. The standard InChI is InChI=1S/C9H6BrF3O3S/c10-5-1-2-6(8(14)15)7(3-5)17(16)4-9(11,12)13/h1-3H,4H2,(H,14,15). The number of alkyl halides is 3. The molecule has 0 aliphatic rings. The second-order valence-corrected chi connectivity index (χ2v) is 5.39. The molecule has 1 N–H and O–H groups in total. The van der Waals surface area contributed by atoms with Crippen molar-refractivity contribution in [3.63, 3.8) is 0 Å². The third-order valence-corrected chi connectivity index (χ3v) is 3.63. The van der Waals surface area contributed by atoms with Crippen LogP contribution in [-0.4, -0.2) is 27.2 Å². The topological polar surface area (TPSA) is 54.4 Å². The summed E-state index contributed by atoms with van der Waals surface area (Å²) in [5.41, 5.74) is -0.393. The highest BCUT2D eigenvalue weighted by atomic mass is 79.9. The lowest BCUT2D eigenvalue weighted by molar-refractivity contribution is -0.105. The van der Waals surface area contributed by atoms with Crippen LogP contribution in [0.4, 0.5) is 13.2 Å². The lowest BCUT2D eigenvalue weighted by atomic mass is 10.2. The van der Waals surface area contributed by atoms with Gasteiger partial charge in [0.15, 0.2) is 0 Å². The van der Waals surface area contributed by atoms with Crippen molar-refractivity contribution in [1.29, 1.82) is 0 Å². The quantitative estimate of drug-likeness (QED) is 0.927. The first kappa shape index (κ1) is 14.2. The number of carboxylic acids is 1. The van der Waals surface area contributed by atoms with Gasteiger partial charge in [-0.25, -0.2) is 4.79 Å². The Morgan fingerprint density at radius 1 is 1.41 bits per heavy atom. The van der Waals surface area contributed by atoms with Gasteiger partial charge in [0.05, 0.1) is 21.3 Å². The number of rotatable bonds is 3. The van der Waals surface area contributed by atoms with Gasteiger partial charge in [0.25, 0.3) is 0 Å². The van der Waals surface area contributed by atoms with E-state index in [1.165, 1.54) is 6.07 Å². The molecule has 0 bridgehead atoms. The van der Waals surface area contributed by atoms with Gasteiger partial charge in [-0.3, -0.25) is 4.21 Å². The Balaban J connectivity index is 3.16. The third kappa shape index (κ3) is 4.12. The molecule has 0 heterocycles. The van der Waals surface area contributed by atoms with Gasteiger partial charge in [0.1, 0.15) is 5.75 Å². The number of hydrogen-bond donors (Lipinski definition) is 1. The van der Waals surface area contributed by atoms with E-state index in [1.54, 1.807) is 0 Å². The third-order valence-electron chi connectivity index (χ3n) is 1.71. The fourth-order valence-corrected chi connectivity index (χ4v) is 2.71. The van der Waals surface area contributed by atoms with Gasteiger partial charge in [-0.05, 0) is 18.2 Å². The van der Waals surface area contributed by atoms with E-state index < -0.39 is 34.3 Å². The summed E-state index contributed by atoms with van der Waals surface area (Å²) in [6.07, 6.45) is -4.61. The highest BCUT2D eigenvalue weighted by molar-refractivity contribution is 9.10. The second kappa shape index (κ2) is 5.18. The van der Waals surface area contributed by atoms with E-state index in [9.17, 15) is 22.2 Å². The van der Waals surface area contributed by atoms with Gasteiger partial charge >= 0.3 is 12.1 Å². The van der Waals surface area contributed by atoms with Crippen molar-refractivity contribution in [2.24, 2.45) is 0 Å². The van der Waals surface area contributed by atoms with Crippen LogP contribution < -0.4 is 0 Å². The molecule has 17 heavy (non-hydrogen) atoms. The van der Waals surface area contributed by atoms with Crippen molar-refractivity contribution in [2.45, 2.75) is 11.1 Å². The molecule has 0 fully saturated rings. The number of carboxylic acid groups (broad SMARTS) is 1. The molecule has 0 saturated heterocycles. The van der Waals surface area contributed by atoms with Crippen LogP contribution in [0.1, 0.15) is 10.4 Å². The molecule has 3 nitrogen and oxygen atoms in total. The predicted octanol–water partition coefficient (Wildman–Crippen LogP) is 2.82. The molecule has 0 aliphatic heterocycles. The molecule has 0 radical (unpaired) electrons. The molecular weight excluding hydrogens is 325 g/mol. The first-order valence-corrected chi connectivity index (χ1v) is 6.30. The lowest BCUT2D eigenvalue weighted by Gasteiger charge is -2.09. The molecule has 0 spiro atoms. The fraction of sp³-hybridized carbons (Fsp3) is 0.222. The minimum Gasteiger partial charge on any atom is -0.478 e. The first-order chi connectivity index (χ1) is 7.70. The molecule has 0 saturated carbocycles. The van der Waals surface area contributed by atoms with Crippen molar-refractivity contribution in [3.05, 3.63) is 28.2 Å². The van der Waals surface area contributed by atoms with E-state index in [2.05, 4.69) is 15.9 Å². The molecular formula is C9H6BrF3O3S. The van der Waals surface area contributed by atoms with Crippen molar-refractivity contribution >= 4 is 32.7 Å². The molecule has 0 aromatic heterocycles. The zero-order chi connectivity index (χ0) is 13.2. The van der Waals surface area contributed by atoms with Gasteiger partial charge in [-0.1, -0.05) is 15.9 Å². The summed E-state index contributed by atoms with van der Waals surface area (Å²) in [5, 5.41) is 8.77. The van der Waals surface area contributed by atoms with Crippen LogP contribution in [0.5, 0.6) is 0 Å². The Bertz CT molecular complexity index is 473. The number of carbonyl (C=O) groups is 1. The highest BCUT2D eigenvalue weighted by Crippen LogP contribution is 2.24. The van der Waals surface area contributed by atoms with Crippen LogP contribution in [0.15, 0.2) is 27.6 Å². The van der Waals surface area contributed by atoms with E-state index in [1.807, 2.05) is 0 Å². The summed E-state index contributed by atoms with van der Waals surface area (Å²) in [5.74, 6) is -2.98. The molecule has 1 unspecified atom stereocenters. The first-order valence-electron chi connectivity index (χ1n) is 4.18. The lowest BCUT2D eigenvalue weighted by Crippen LogP contribution is -2.20. The van der Waals surface area contributed by atoms with Crippen molar-refractivity contribution in [2.75, 3.05) is 5.75 Å². The SMILES string of the molecule is O=C(O)c1ccc(Br)cc1S(=O)CC(F)(F)F. The van der Waals surface area contributed by atoms with Gasteiger partial charge in [0.2, 0.25) is 0 Å². The second-order valence-electron chi connectivity index (χ2n) is 3.05. The summed E-state index contributed by atoms with van der Waals surface area (Å²) in [7, 11) is -2.43. The van der Waals surface area contributed by atoms with Gasteiger partial charge < -0.3 is 5.11 Å². The van der Waals surface area contributed by atoms with E-state index in [0.717, 1.165) is 12.1 Å². The van der Waals surface area contributed by atoms with Crippen molar-refractivity contribution in [3.8, 4) is 0 Å². The monoisotopic (exact) mass is 330 g/mol. The number of benzene rings is 1. The Hall–Kier alpha value is -0.890.